The van der Waals surface area contributed by atoms with Crippen molar-refractivity contribution >= 4 is 52.9 Å². The van der Waals surface area contributed by atoms with Crippen molar-refractivity contribution in [1.29, 1.82) is 0 Å². The Morgan fingerprint density at radius 1 is 1.14 bits per heavy atom. The topological polar surface area (TPSA) is 66.7 Å². The number of carboxylic acids is 1. The van der Waals surface area contributed by atoms with Crippen LogP contribution in [-0.2, 0) is 9.67 Å². The van der Waals surface area contributed by atoms with Gasteiger partial charge < -0.3 is 5.11 Å². The summed E-state index contributed by atoms with van der Waals surface area (Å²) in [6, 6.07) is 13.4. The lowest BCUT2D eigenvalue weighted by atomic mass is 9.88. The van der Waals surface area contributed by atoms with Crippen molar-refractivity contribution in [3.63, 3.8) is 0 Å². The molecule has 2 aromatic rings. The van der Waals surface area contributed by atoms with Crippen LogP contribution < -0.4 is 0 Å². The third kappa shape index (κ3) is 4.60. The fraction of sp³-hybridized carbons (Fsp3) is 0.0952. The minimum atomic E-state index is -1.55. The lowest BCUT2D eigenvalue weighted by Crippen LogP contribution is -2.48. The minimum absolute atomic E-state index is 0.0138. The second-order valence-electron chi connectivity index (χ2n) is 6.49. The number of quaternary nitrogens is 1. The largest absolute Gasteiger partial charge is 0.478 e. The Balaban J connectivity index is 2.12. The van der Waals surface area contributed by atoms with Crippen molar-refractivity contribution in [1.82, 2.24) is 0 Å². The number of rotatable bonds is 7. The van der Waals surface area contributed by atoms with Crippen molar-refractivity contribution in [2.45, 2.75) is 4.87 Å². The maximum absolute atomic E-state index is 13.6. The zero-order valence-electron chi connectivity index (χ0n) is 15.0. The number of halogens is 3. The Morgan fingerprint density at radius 3 is 2.45 bits per heavy atom. The van der Waals surface area contributed by atoms with E-state index in [-0.39, 0.29) is 21.6 Å². The van der Waals surface area contributed by atoms with Crippen LogP contribution in [0.25, 0.3) is 0 Å². The fourth-order valence-electron chi connectivity index (χ4n) is 3.06. The molecular formula is C21H16Cl3N2O3+. The number of hydrogen-bond donors (Lipinski definition) is 1. The third-order valence-electron chi connectivity index (χ3n) is 4.47. The number of carbonyl (C=O) groups is 2. The molecule has 0 saturated heterocycles. The molecule has 5 nitrogen and oxygen atoms in total. The minimum Gasteiger partial charge on any atom is -0.478 e. The van der Waals surface area contributed by atoms with Gasteiger partial charge in [0, 0.05) is 10.6 Å². The smallest absolute Gasteiger partial charge is 0.333 e. The maximum atomic E-state index is 13.6. The highest BCUT2D eigenvalue weighted by molar-refractivity contribution is 6.42. The van der Waals surface area contributed by atoms with Crippen molar-refractivity contribution in [3.05, 3.63) is 94.4 Å². The standard InChI is InChI=1S/C21H15Cl3N2O3/c22-16-6-7-17(18(23)12-16)20(29)21(24,15-4-2-1-3-5-15)13-26(10-8-19(27)28)11-9-25-14-26/h1-12,14H,13H2/p+1/b10-8+. The predicted octanol–water partition coefficient (Wildman–Crippen LogP) is 5.24. The highest BCUT2D eigenvalue weighted by atomic mass is 35.5. The molecule has 2 atom stereocenters. The van der Waals surface area contributed by atoms with Crippen molar-refractivity contribution in [2.24, 2.45) is 4.99 Å². The van der Waals surface area contributed by atoms with Crippen LogP contribution in [0.5, 0.6) is 0 Å². The quantitative estimate of drug-likeness (QED) is 0.271. The van der Waals surface area contributed by atoms with Crippen LogP contribution in [-0.4, -0.2) is 34.2 Å². The van der Waals surface area contributed by atoms with Gasteiger partial charge in [0.15, 0.2) is 17.0 Å². The van der Waals surface area contributed by atoms with Gasteiger partial charge >= 0.3 is 5.97 Å². The van der Waals surface area contributed by atoms with Gasteiger partial charge in [-0.3, -0.25) is 4.79 Å². The normalized spacial score (nSPS) is 20.1. The number of benzene rings is 2. The van der Waals surface area contributed by atoms with Gasteiger partial charge in [0.1, 0.15) is 18.9 Å². The molecule has 3 rings (SSSR count). The number of alkyl halides is 1. The number of hydrogen-bond acceptors (Lipinski definition) is 3. The Kier molecular flexibility index (Phi) is 6.24. The van der Waals surface area contributed by atoms with E-state index in [4.69, 9.17) is 39.9 Å². The van der Waals surface area contributed by atoms with Crippen molar-refractivity contribution in [2.75, 3.05) is 6.54 Å². The molecule has 29 heavy (non-hydrogen) atoms. The predicted molar refractivity (Wildman–Crippen MR) is 114 cm³/mol. The Labute approximate surface area is 182 Å². The molecule has 0 saturated carbocycles. The summed E-state index contributed by atoms with van der Waals surface area (Å²) in [5.41, 5.74) is 0.767. The summed E-state index contributed by atoms with van der Waals surface area (Å²) >= 11 is 19.2. The zero-order valence-corrected chi connectivity index (χ0v) is 17.3. The third-order valence-corrected chi connectivity index (χ3v) is 5.52. The monoisotopic (exact) mass is 449 g/mol. The van der Waals surface area contributed by atoms with E-state index in [0.29, 0.717) is 10.6 Å². The maximum Gasteiger partial charge on any atom is 0.333 e. The van der Waals surface area contributed by atoms with Crippen molar-refractivity contribution in [3.8, 4) is 0 Å². The van der Waals surface area contributed by atoms with Gasteiger partial charge in [0.2, 0.25) is 0 Å². The Bertz CT molecular complexity index is 1020. The van der Waals surface area contributed by atoms with E-state index in [9.17, 15) is 9.59 Å². The molecule has 1 heterocycles. The van der Waals surface area contributed by atoms with Gasteiger partial charge in [-0.2, -0.15) is 0 Å². The van der Waals surface area contributed by atoms with Gasteiger partial charge in [0.25, 0.3) is 0 Å². The average Bonchev–Trinajstić information content (AvgIpc) is 3.15. The molecule has 2 unspecified atom stereocenters. The number of ketones is 1. The van der Waals surface area contributed by atoms with E-state index in [0.717, 1.165) is 6.08 Å². The molecule has 0 aliphatic carbocycles. The summed E-state index contributed by atoms with van der Waals surface area (Å²) in [5.74, 6) is -1.55. The molecule has 0 amide bonds. The summed E-state index contributed by atoms with van der Waals surface area (Å²) in [5, 5.41) is 9.64. The molecule has 0 radical (unpaired) electrons. The van der Waals surface area contributed by atoms with Crippen LogP contribution in [0.4, 0.5) is 0 Å². The number of nitrogens with zero attached hydrogens (tertiary/aromatic N) is 2. The van der Waals surface area contributed by atoms with Crippen LogP contribution in [0.1, 0.15) is 15.9 Å². The number of carboxylic acid groups (broad SMARTS) is 1. The van der Waals surface area contributed by atoms with E-state index in [1.807, 2.05) is 6.07 Å². The number of aliphatic carboxylic acids is 1. The summed E-state index contributed by atoms with van der Waals surface area (Å²) in [6.45, 7) is -0.0138. The first-order chi connectivity index (χ1) is 13.8. The fourth-order valence-corrected chi connectivity index (χ4v) is 3.99. The zero-order chi connectivity index (χ0) is 21.1. The first kappa shape index (κ1) is 21.3. The summed E-state index contributed by atoms with van der Waals surface area (Å²) in [6.07, 6.45) is 7.08. The van der Waals surface area contributed by atoms with Gasteiger partial charge in [-0.1, -0.05) is 65.1 Å². The van der Waals surface area contributed by atoms with Gasteiger partial charge in [-0.25, -0.2) is 14.3 Å². The molecule has 1 aliphatic rings. The van der Waals surface area contributed by atoms with Crippen LogP contribution in [0.15, 0.2) is 78.2 Å². The molecule has 2 aromatic carbocycles. The molecular weight excluding hydrogens is 435 g/mol. The second-order valence-corrected chi connectivity index (χ2v) is 7.98. The molecule has 148 valence electrons. The molecule has 1 aliphatic heterocycles. The first-order valence-corrected chi connectivity index (χ1v) is 9.65. The lowest BCUT2D eigenvalue weighted by Gasteiger charge is -2.33. The SMILES string of the molecule is O=C(O)/C=C/[N+]1(CC(Cl)(C(=O)c2ccc(Cl)cc2Cl)c2ccccc2)C=CN=C1. The van der Waals surface area contributed by atoms with E-state index in [1.54, 1.807) is 36.5 Å². The number of aliphatic imine (C=N–C) groups is 1. The molecule has 0 fully saturated rings. The molecule has 8 heteroatoms. The van der Waals surface area contributed by atoms with E-state index in [1.165, 1.54) is 30.9 Å². The van der Waals surface area contributed by atoms with Crippen LogP contribution in [0.2, 0.25) is 10.0 Å². The van der Waals surface area contributed by atoms with E-state index < -0.39 is 16.6 Å². The summed E-state index contributed by atoms with van der Waals surface area (Å²) in [4.78, 5) is 27.2. The van der Waals surface area contributed by atoms with Crippen LogP contribution in [0.3, 0.4) is 0 Å². The molecule has 0 spiro atoms. The first-order valence-electron chi connectivity index (χ1n) is 8.51. The Hall–Kier alpha value is -2.44. The lowest BCUT2D eigenvalue weighted by molar-refractivity contribution is -0.724. The van der Waals surface area contributed by atoms with Gasteiger partial charge in [-0.05, 0) is 23.8 Å². The second kappa shape index (κ2) is 8.51. The summed E-state index contributed by atoms with van der Waals surface area (Å²) < 4.78 is -0.151. The Morgan fingerprint density at radius 2 is 1.86 bits per heavy atom. The molecule has 0 bridgehead atoms. The van der Waals surface area contributed by atoms with Crippen LogP contribution in [0, 0.1) is 0 Å². The summed E-state index contributed by atoms with van der Waals surface area (Å²) in [7, 11) is 0. The average molecular weight is 451 g/mol. The van der Waals surface area contributed by atoms with E-state index >= 15 is 0 Å². The van der Waals surface area contributed by atoms with E-state index in [2.05, 4.69) is 4.99 Å². The molecule has 0 aromatic heterocycles. The number of Topliss-reactive ketones (excluding diaryl/α,β-unsaturated/α-hetero) is 1. The van der Waals surface area contributed by atoms with Gasteiger partial charge in [-0.15, -0.1) is 0 Å². The highest BCUT2D eigenvalue weighted by Crippen LogP contribution is 2.39. The van der Waals surface area contributed by atoms with Crippen molar-refractivity contribution < 1.29 is 19.2 Å². The van der Waals surface area contributed by atoms with Gasteiger partial charge in [0.05, 0.1) is 17.3 Å². The van der Waals surface area contributed by atoms with Crippen LogP contribution >= 0.6 is 34.8 Å². The molecule has 1 N–H and O–H groups in total. The number of carbonyl (C=O) groups excluding carboxylic acids is 1. The highest BCUT2D eigenvalue weighted by Gasteiger charge is 2.47.